The first kappa shape index (κ1) is 14.1. The van der Waals surface area contributed by atoms with E-state index >= 15 is 0 Å². The van der Waals surface area contributed by atoms with Crippen LogP contribution in [0.3, 0.4) is 0 Å². The van der Waals surface area contributed by atoms with Gasteiger partial charge in [-0.15, -0.1) is 0 Å². The third-order valence-corrected chi connectivity index (χ3v) is 3.58. The summed E-state index contributed by atoms with van der Waals surface area (Å²) in [5.74, 6) is -2.70. The molecule has 1 rings (SSSR count). The molecule has 0 spiro atoms. The fourth-order valence-electron chi connectivity index (χ4n) is 1.88. The van der Waals surface area contributed by atoms with Gasteiger partial charge in [0.15, 0.2) is 0 Å². The van der Waals surface area contributed by atoms with Crippen LogP contribution in [0.5, 0.6) is 0 Å². The minimum Gasteiger partial charge on any atom is -0.481 e. The topological polar surface area (TPSA) is 66.4 Å². The van der Waals surface area contributed by atoms with E-state index in [1.54, 1.807) is 11.6 Å². The van der Waals surface area contributed by atoms with Crippen molar-refractivity contribution in [2.24, 2.45) is 5.41 Å². The smallest absolute Gasteiger partial charge is 0.471 e. The standard InChI is InChI=1S/C9H12F3NO3S/c1-17-4-8(7(15)16)2-5(3-8)13-6(14)9(10,11)12/h5H,2-4H2,1H3,(H,13,14)(H,15,16). The number of carboxylic acids is 1. The maximum absolute atomic E-state index is 11.9. The molecule has 0 heterocycles. The molecule has 1 aliphatic carbocycles. The van der Waals surface area contributed by atoms with Gasteiger partial charge in [-0.25, -0.2) is 0 Å². The number of amides is 1. The second-order valence-corrected chi connectivity index (χ2v) is 4.96. The first-order valence-electron chi connectivity index (χ1n) is 4.81. The Labute approximate surface area is 99.9 Å². The molecule has 4 nitrogen and oxygen atoms in total. The number of hydrogen-bond donors (Lipinski definition) is 2. The monoisotopic (exact) mass is 271 g/mol. The normalized spacial score (nSPS) is 28.4. The highest BCUT2D eigenvalue weighted by atomic mass is 32.2. The van der Waals surface area contributed by atoms with Crippen molar-refractivity contribution in [2.45, 2.75) is 25.1 Å². The second-order valence-electron chi connectivity index (χ2n) is 4.09. The number of carbonyl (C=O) groups is 2. The Balaban J connectivity index is 2.50. The lowest BCUT2D eigenvalue weighted by molar-refractivity contribution is -0.177. The molecule has 0 aliphatic heterocycles. The van der Waals surface area contributed by atoms with Gasteiger partial charge in [0.2, 0.25) is 0 Å². The highest BCUT2D eigenvalue weighted by molar-refractivity contribution is 7.98. The summed E-state index contributed by atoms with van der Waals surface area (Å²) in [6, 6.07) is -0.702. The Morgan fingerprint density at radius 1 is 1.47 bits per heavy atom. The van der Waals surface area contributed by atoms with Crippen LogP contribution in [0.2, 0.25) is 0 Å². The van der Waals surface area contributed by atoms with Gasteiger partial charge >= 0.3 is 18.1 Å². The molecule has 8 heteroatoms. The molecule has 0 aromatic carbocycles. The molecule has 0 aromatic rings. The van der Waals surface area contributed by atoms with Crippen LogP contribution in [0.1, 0.15) is 12.8 Å². The largest absolute Gasteiger partial charge is 0.481 e. The van der Waals surface area contributed by atoms with E-state index in [-0.39, 0.29) is 12.8 Å². The summed E-state index contributed by atoms with van der Waals surface area (Å²) >= 11 is 1.32. The second kappa shape index (κ2) is 4.75. The van der Waals surface area contributed by atoms with Gasteiger partial charge in [0.05, 0.1) is 5.41 Å². The number of carbonyl (C=O) groups excluding carboxylic acids is 1. The molecule has 0 saturated heterocycles. The third kappa shape index (κ3) is 3.05. The quantitative estimate of drug-likeness (QED) is 0.808. The summed E-state index contributed by atoms with van der Waals surface area (Å²) in [6.07, 6.45) is -3.09. The molecule has 1 aliphatic rings. The molecule has 0 bridgehead atoms. The van der Waals surface area contributed by atoms with E-state index in [0.29, 0.717) is 5.75 Å². The summed E-state index contributed by atoms with van der Waals surface area (Å²) in [5.41, 5.74) is -0.997. The van der Waals surface area contributed by atoms with Crippen LogP contribution in [0.15, 0.2) is 0 Å². The van der Waals surface area contributed by atoms with Crippen LogP contribution in [0.25, 0.3) is 0 Å². The minimum atomic E-state index is -4.92. The lowest BCUT2D eigenvalue weighted by Gasteiger charge is -2.44. The van der Waals surface area contributed by atoms with Crippen molar-refractivity contribution in [1.29, 1.82) is 0 Å². The van der Waals surface area contributed by atoms with E-state index in [9.17, 15) is 22.8 Å². The summed E-state index contributed by atoms with van der Waals surface area (Å²) < 4.78 is 35.8. The molecule has 0 aromatic heterocycles. The van der Waals surface area contributed by atoms with Crippen LogP contribution in [0.4, 0.5) is 13.2 Å². The van der Waals surface area contributed by atoms with Crippen LogP contribution in [0, 0.1) is 5.41 Å². The Hall–Kier alpha value is -0.920. The minimum absolute atomic E-state index is 0.0466. The van der Waals surface area contributed by atoms with Crippen molar-refractivity contribution in [3.05, 3.63) is 0 Å². The van der Waals surface area contributed by atoms with Gasteiger partial charge in [-0.1, -0.05) is 0 Å². The van der Waals surface area contributed by atoms with E-state index in [1.807, 2.05) is 0 Å². The maximum atomic E-state index is 11.9. The molecule has 0 radical (unpaired) electrons. The Morgan fingerprint density at radius 2 is 2.00 bits per heavy atom. The Morgan fingerprint density at radius 3 is 2.35 bits per heavy atom. The molecule has 0 unspecified atom stereocenters. The molecular formula is C9H12F3NO3S. The average Bonchev–Trinajstić information content (AvgIpc) is 2.11. The van der Waals surface area contributed by atoms with Crippen LogP contribution in [-0.2, 0) is 9.59 Å². The molecule has 98 valence electrons. The molecule has 2 N–H and O–H groups in total. The van der Waals surface area contributed by atoms with Crippen molar-refractivity contribution in [3.63, 3.8) is 0 Å². The lowest BCUT2D eigenvalue weighted by atomic mass is 9.66. The first-order chi connectivity index (χ1) is 7.71. The highest BCUT2D eigenvalue weighted by Gasteiger charge is 2.52. The highest BCUT2D eigenvalue weighted by Crippen LogP contribution is 2.43. The maximum Gasteiger partial charge on any atom is 0.471 e. The molecule has 1 amide bonds. The summed E-state index contributed by atoms with van der Waals surface area (Å²) in [5, 5.41) is 10.8. The van der Waals surface area contributed by atoms with Crippen molar-refractivity contribution < 1.29 is 27.9 Å². The number of nitrogens with one attached hydrogen (secondary N) is 1. The number of rotatable bonds is 4. The first-order valence-corrected chi connectivity index (χ1v) is 6.21. The Bertz CT molecular complexity index is 326. The average molecular weight is 271 g/mol. The fraction of sp³-hybridized carbons (Fsp3) is 0.778. The van der Waals surface area contributed by atoms with Gasteiger partial charge in [0, 0.05) is 11.8 Å². The third-order valence-electron chi connectivity index (χ3n) is 2.74. The molecule has 1 fully saturated rings. The zero-order chi connectivity index (χ0) is 13.3. The molecule has 0 atom stereocenters. The number of carboxylic acid groups (broad SMARTS) is 1. The fourth-order valence-corrected chi connectivity index (χ4v) is 2.80. The lowest BCUT2D eigenvalue weighted by Crippen LogP contribution is -2.57. The van der Waals surface area contributed by atoms with Gasteiger partial charge in [-0.3, -0.25) is 9.59 Å². The SMILES string of the molecule is CSCC1(C(=O)O)CC(NC(=O)C(F)(F)F)C1. The summed E-state index contributed by atoms with van der Waals surface area (Å²) in [6.45, 7) is 0. The number of alkyl halides is 3. The van der Waals surface area contributed by atoms with Crippen molar-refractivity contribution in [3.8, 4) is 0 Å². The van der Waals surface area contributed by atoms with E-state index in [0.717, 1.165) is 0 Å². The number of thioether (sulfide) groups is 1. The molecular weight excluding hydrogens is 259 g/mol. The predicted molar refractivity (Wildman–Crippen MR) is 55.7 cm³/mol. The van der Waals surface area contributed by atoms with Crippen LogP contribution in [-0.4, -0.2) is 41.2 Å². The predicted octanol–water partition coefficient (Wildman–Crippen LogP) is 1.26. The van der Waals surface area contributed by atoms with Gasteiger partial charge in [-0.05, 0) is 19.1 Å². The van der Waals surface area contributed by atoms with Gasteiger partial charge in [-0.2, -0.15) is 24.9 Å². The number of hydrogen-bond acceptors (Lipinski definition) is 3. The molecule has 17 heavy (non-hydrogen) atoms. The number of aliphatic carboxylic acids is 1. The zero-order valence-electron chi connectivity index (χ0n) is 9.00. The van der Waals surface area contributed by atoms with E-state index in [2.05, 4.69) is 0 Å². The van der Waals surface area contributed by atoms with Crippen LogP contribution < -0.4 is 5.32 Å². The Kier molecular flexibility index (Phi) is 3.95. The number of halogens is 3. The summed E-state index contributed by atoms with van der Waals surface area (Å²) in [4.78, 5) is 21.6. The van der Waals surface area contributed by atoms with Crippen molar-refractivity contribution in [1.82, 2.24) is 5.32 Å². The van der Waals surface area contributed by atoms with Gasteiger partial charge < -0.3 is 10.4 Å². The van der Waals surface area contributed by atoms with E-state index in [4.69, 9.17) is 5.11 Å². The summed E-state index contributed by atoms with van der Waals surface area (Å²) in [7, 11) is 0. The van der Waals surface area contributed by atoms with Gasteiger partial charge in [0.25, 0.3) is 0 Å². The van der Waals surface area contributed by atoms with E-state index in [1.165, 1.54) is 11.8 Å². The van der Waals surface area contributed by atoms with Crippen molar-refractivity contribution >= 4 is 23.6 Å². The molecule has 1 saturated carbocycles. The van der Waals surface area contributed by atoms with E-state index < -0.39 is 29.5 Å². The van der Waals surface area contributed by atoms with Crippen molar-refractivity contribution in [2.75, 3.05) is 12.0 Å². The van der Waals surface area contributed by atoms with Crippen LogP contribution >= 0.6 is 11.8 Å². The van der Waals surface area contributed by atoms with Gasteiger partial charge in [0.1, 0.15) is 0 Å². The zero-order valence-corrected chi connectivity index (χ0v) is 9.82.